The Morgan fingerprint density at radius 1 is 1.21 bits per heavy atom. The molecule has 0 aliphatic carbocycles. The molecule has 0 radical (unpaired) electrons. The van der Waals surface area contributed by atoms with Gasteiger partial charge in [-0.1, -0.05) is 11.6 Å². The van der Waals surface area contributed by atoms with Gasteiger partial charge in [-0.3, -0.25) is 4.99 Å². The number of methoxy groups -OCH3 is 1. The third-order valence-corrected chi connectivity index (χ3v) is 6.23. The van der Waals surface area contributed by atoms with Crippen LogP contribution in [0.1, 0.15) is 45.1 Å². The predicted octanol–water partition coefficient (Wildman–Crippen LogP) is 3.52. The first-order chi connectivity index (χ1) is 14.0. The van der Waals surface area contributed by atoms with E-state index in [0.717, 1.165) is 80.9 Å². The van der Waals surface area contributed by atoms with E-state index in [1.54, 1.807) is 7.11 Å². The minimum Gasteiger partial charge on any atom is -0.496 e. The maximum absolute atomic E-state index is 6.35. The minimum absolute atomic E-state index is 0.127. The van der Waals surface area contributed by atoms with Gasteiger partial charge in [-0.15, -0.1) is 0 Å². The molecule has 0 spiro atoms. The maximum atomic E-state index is 6.35. The average Bonchev–Trinajstić information content (AvgIpc) is 3.17. The Morgan fingerprint density at radius 3 is 2.66 bits per heavy atom. The smallest absolute Gasteiger partial charge is 0.191 e. The molecule has 0 bridgehead atoms. The Bertz CT molecular complexity index is 699. The molecule has 3 rings (SSSR count). The normalized spacial score (nSPS) is 24.3. The first-order valence-electron chi connectivity index (χ1n) is 10.6. The Morgan fingerprint density at radius 2 is 2.00 bits per heavy atom. The third-order valence-electron chi connectivity index (χ3n) is 5.99. The molecule has 0 saturated carbocycles. The van der Waals surface area contributed by atoms with Crippen molar-refractivity contribution in [3.63, 3.8) is 0 Å². The molecule has 7 heteroatoms. The van der Waals surface area contributed by atoms with Crippen LogP contribution in [0.4, 0.5) is 0 Å². The number of guanidine groups is 1. The summed E-state index contributed by atoms with van der Waals surface area (Å²) in [4.78, 5) is 4.82. The second-order valence-electron chi connectivity index (χ2n) is 8.19. The van der Waals surface area contributed by atoms with E-state index in [9.17, 15) is 0 Å². The second kappa shape index (κ2) is 10.0. The molecule has 1 aromatic rings. The van der Waals surface area contributed by atoms with E-state index in [0.29, 0.717) is 6.54 Å². The standard InChI is InChI=1S/C22H34ClN3O3/c1-4-24-20(25-15-21(2)8-5-11-29-21)26-16-22(9-12-28-13-10-22)18-14-17(23)6-7-19(18)27-3/h6-7,14H,4-5,8-13,15-16H2,1-3H3,(H2,24,25,26). The molecule has 1 aromatic carbocycles. The van der Waals surface area contributed by atoms with Gasteiger partial charge in [-0.05, 0) is 57.7 Å². The lowest BCUT2D eigenvalue weighted by Crippen LogP contribution is -2.48. The van der Waals surface area contributed by atoms with Crippen molar-refractivity contribution < 1.29 is 14.2 Å². The van der Waals surface area contributed by atoms with Crippen LogP contribution in [0.2, 0.25) is 5.02 Å². The fraction of sp³-hybridized carbons (Fsp3) is 0.682. The summed E-state index contributed by atoms with van der Waals surface area (Å²) < 4.78 is 17.2. The van der Waals surface area contributed by atoms with Gasteiger partial charge in [-0.2, -0.15) is 0 Å². The number of aliphatic imine (C=N–C) groups is 1. The topological polar surface area (TPSA) is 64.1 Å². The van der Waals surface area contributed by atoms with Crippen molar-refractivity contribution in [1.82, 2.24) is 10.6 Å². The molecule has 2 aliphatic rings. The highest BCUT2D eigenvalue weighted by Crippen LogP contribution is 2.40. The summed E-state index contributed by atoms with van der Waals surface area (Å²) in [6.07, 6.45) is 3.96. The summed E-state index contributed by atoms with van der Waals surface area (Å²) in [5, 5.41) is 7.66. The molecule has 1 unspecified atom stereocenters. The van der Waals surface area contributed by atoms with Gasteiger partial charge in [0.05, 0.1) is 19.3 Å². The molecule has 2 aliphatic heterocycles. The van der Waals surface area contributed by atoms with Crippen molar-refractivity contribution in [3.05, 3.63) is 28.8 Å². The van der Waals surface area contributed by atoms with Crippen LogP contribution in [0, 0.1) is 0 Å². The molecule has 29 heavy (non-hydrogen) atoms. The number of benzene rings is 1. The van der Waals surface area contributed by atoms with Crippen molar-refractivity contribution in [1.29, 1.82) is 0 Å². The lowest BCUT2D eigenvalue weighted by atomic mass is 9.73. The van der Waals surface area contributed by atoms with Crippen LogP contribution >= 0.6 is 11.6 Å². The van der Waals surface area contributed by atoms with E-state index < -0.39 is 0 Å². The molecule has 2 saturated heterocycles. The Kier molecular flexibility index (Phi) is 7.66. The molecule has 2 N–H and O–H groups in total. The number of rotatable bonds is 7. The van der Waals surface area contributed by atoms with E-state index in [2.05, 4.69) is 24.5 Å². The lowest BCUT2D eigenvalue weighted by Gasteiger charge is -2.39. The summed E-state index contributed by atoms with van der Waals surface area (Å²) >= 11 is 6.35. The fourth-order valence-corrected chi connectivity index (χ4v) is 4.37. The van der Waals surface area contributed by atoms with Crippen LogP contribution in [0.25, 0.3) is 0 Å². The number of hydrogen-bond donors (Lipinski definition) is 2. The highest BCUT2D eigenvalue weighted by atomic mass is 35.5. The van der Waals surface area contributed by atoms with Crippen molar-refractivity contribution in [2.75, 3.05) is 46.6 Å². The van der Waals surface area contributed by atoms with Crippen LogP contribution in [0.15, 0.2) is 23.2 Å². The van der Waals surface area contributed by atoms with Gasteiger partial charge in [0.15, 0.2) is 5.96 Å². The van der Waals surface area contributed by atoms with Gasteiger partial charge in [0, 0.05) is 48.9 Å². The SMILES string of the molecule is CCNC(=NCC1(C)CCCO1)NCC1(c2cc(Cl)ccc2OC)CCOCC1. The van der Waals surface area contributed by atoms with E-state index in [4.69, 9.17) is 30.8 Å². The third kappa shape index (κ3) is 5.56. The molecular formula is C22H34ClN3O3. The van der Waals surface area contributed by atoms with Crippen molar-refractivity contribution >= 4 is 17.6 Å². The van der Waals surface area contributed by atoms with Crippen molar-refractivity contribution in [2.45, 2.75) is 50.5 Å². The van der Waals surface area contributed by atoms with Crippen molar-refractivity contribution in [2.24, 2.45) is 4.99 Å². The highest BCUT2D eigenvalue weighted by molar-refractivity contribution is 6.30. The average molecular weight is 424 g/mol. The minimum atomic E-state index is -0.158. The molecular weight excluding hydrogens is 390 g/mol. The van der Waals surface area contributed by atoms with Crippen molar-refractivity contribution in [3.8, 4) is 5.75 Å². The van der Waals surface area contributed by atoms with Gasteiger partial charge >= 0.3 is 0 Å². The highest BCUT2D eigenvalue weighted by Gasteiger charge is 2.37. The number of halogens is 1. The van der Waals surface area contributed by atoms with E-state index in [-0.39, 0.29) is 11.0 Å². The van der Waals surface area contributed by atoms with Crippen LogP contribution in [-0.4, -0.2) is 58.1 Å². The number of hydrogen-bond acceptors (Lipinski definition) is 4. The summed E-state index contributed by atoms with van der Waals surface area (Å²) in [7, 11) is 1.71. The van der Waals surface area contributed by atoms with Crippen LogP contribution in [0.5, 0.6) is 5.75 Å². The fourth-order valence-electron chi connectivity index (χ4n) is 4.20. The van der Waals surface area contributed by atoms with Gasteiger partial charge < -0.3 is 24.8 Å². The quantitative estimate of drug-likeness (QED) is 0.519. The van der Waals surface area contributed by atoms with E-state index in [1.165, 1.54) is 0 Å². The monoisotopic (exact) mass is 423 g/mol. The summed E-state index contributed by atoms with van der Waals surface area (Å²) in [5.41, 5.74) is 0.845. The molecule has 2 heterocycles. The predicted molar refractivity (Wildman–Crippen MR) is 117 cm³/mol. The Hall–Kier alpha value is -1.50. The molecule has 0 amide bonds. The van der Waals surface area contributed by atoms with Gasteiger partial charge in [0.25, 0.3) is 0 Å². The lowest BCUT2D eigenvalue weighted by molar-refractivity contribution is 0.0283. The zero-order valence-corrected chi connectivity index (χ0v) is 18.6. The molecule has 0 aromatic heterocycles. The van der Waals surface area contributed by atoms with E-state index >= 15 is 0 Å². The second-order valence-corrected chi connectivity index (χ2v) is 8.62. The van der Waals surface area contributed by atoms with Crippen LogP contribution in [-0.2, 0) is 14.9 Å². The Labute approximate surface area is 179 Å². The number of nitrogens with one attached hydrogen (secondary N) is 2. The molecule has 2 fully saturated rings. The van der Waals surface area contributed by atoms with E-state index in [1.807, 2.05) is 18.2 Å². The Balaban J connectivity index is 1.79. The number of nitrogens with zero attached hydrogens (tertiary/aromatic N) is 1. The first-order valence-corrected chi connectivity index (χ1v) is 11.0. The molecule has 6 nitrogen and oxygen atoms in total. The summed E-state index contributed by atoms with van der Waals surface area (Å²) in [6, 6.07) is 5.86. The zero-order chi connectivity index (χ0) is 20.7. The van der Waals surface area contributed by atoms with Gasteiger partial charge in [-0.25, -0.2) is 0 Å². The number of ether oxygens (including phenoxy) is 3. The van der Waals surface area contributed by atoms with Crippen LogP contribution < -0.4 is 15.4 Å². The van der Waals surface area contributed by atoms with Gasteiger partial charge in [0.1, 0.15) is 5.75 Å². The zero-order valence-electron chi connectivity index (χ0n) is 17.9. The maximum Gasteiger partial charge on any atom is 0.191 e. The molecule has 162 valence electrons. The largest absolute Gasteiger partial charge is 0.496 e. The first kappa shape index (κ1) is 22.2. The summed E-state index contributed by atoms with van der Waals surface area (Å²) in [5.74, 6) is 1.68. The molecule has 1 atom stereocenters. The van der Waals surface area contributed by atoms with Gasteiger partial charge in [0.2, 0.25) is 0 Å². The summed E-state index contributed by atoms with van der Waals surface area (Å²) in [6.45, 7) is 8.68. The van der Waals surface area contributed by atoms with Crippen LogP contribution in [0.3, 0.4) is 0 Å².